The van der Waals surface area contributed by atoms with E-state index in [1.54, 1.807) is 0 Å². The first-order valence-corrected chi connectivity index (χ1v) is 19.1. The van der Waals surface area contributed by atoms with Crippen LogP contribution in [0.15, 0.2) is 170 Å². The Hall–Kier alpha value is -6.23. The molecule has 250 valence electrons. The van der Waals surface area contributed by atoms with Crippen molar-refractivity contribution in [1.82, 2.24) is 15.0 Å². The van der Waals surface area contributed by atoms with E-state index in [1.807, 2.05) is 47.7 Å². The molecule has 3 aliphatic rings. The largest absolute Gasteiger partial charge is 0.208 e. The summed E-state index contributed by atoms with van der Waals surface area (Å²) in [5.74, 6) is 2.16. The van der Waals surface area contributed by atoms with Gasteiger partial charge in [-0.2, -0.15) is 0 Å². The number of allylic oxidation sites excluding steroid dienone is 5. The molecule has 6 aromatic carbocycles. The molecule has 3 atom stereocenters. The minimum atomic E-state index is -0.512. The molecule has 0 saturated heterocycles. The van der Waals surface area contributed by atoms with E-state index in [2.05, 4.69) is 147 Å². The number of aromatic nitrogens is 3. The van der Waals surface area contributed by atoms with Crippen LogP contribution in [0.2, 0.25) is 0 Å². The van der Waals surface area contributed by atoms with Crippen molar-refractivity contribution < 1.29 is 0 Å². The van der Waals surface area contributed by atoms with Crippen LogP contribution in [-0.2, 0) is 5.41 Å². The Morgan fingerprint density at radius 3 is 2.00 bits per heavy atom. The lowest BCUT2D eigenvalue weighted by Gasteiger charge is -2.50. The molecule has 0 radical (unpaired) electrons. The Labute approximate surface area is 312 Å². The summed E-state index contributed by atoms with van der Waals surface area (Å²) in [5, 5.41) is 2.64. The molecule has 8 aromatic rings. The monoisotopic (exact) mass is 695 g/mol. The fourth-order valence-corrected chi connectivity index (χ4v) is 10.7. The van der Waals surface area contributed by atoms with Crippen LogP contribution >= 0.6 is 11.3 Å². The molecule has 1 spiro atoms. The first-order valence-electron chi connectivity index (χ1n) is 18.2. The van der Waals surface area contributed by atoms with E-state index in [0.29, 0.717) is 17.5 Å². The molecule has 0 saturated carbocycles. The fourth-order valence-electron chi connectivity index (χ4n) is 9.40. The van der Waals surface area contributed by atoms with Crippen molar-refractivity contribution >= 4 is 37.6 Å². The average molecular weight is 696 g/mol. The highest BCUT2D eigenvalue weighted by Gasteiger charge is 2.59. The molecule has 0 fully saturated rings. The van der Waals surface area contributed by atoms with Crippen molar-refractivity contribution in [2.45, 2.75) is 12.3 Å². The van der Waals surface area contributed by atoms with E-state index in [4.69, 9.17) is 15.0 Å². The van der Waals surface area contributed by atoms with Crippen molar-refractivity contribution in [2.75, 3.05) is 0 Å². The molecule has 0 N–H and O–H groups in total. The van der Waals surface area contributed by atoms with Crippen LogP contribution < -0.4 is 0 Å². The summed E-state index contributed by atoms with van der Waals surface area (Å²) in [4.78, 5) is 15.3. The maximum Gasteiger partial charge on any atom is 0.164 e. The predicted octanol–water partition coefficient (Wildman–Crippen LogP) is 12.3. The summed E-state index contributed by atoms with van der Waals surface area (Å²) >= 11 is 1.92. The lowest BCUT2D eigenvalue weighted by atomic mass is 9.51. The molecule has 2 aromatic heterocycles. The summed E-state index contributed by atoms with van der Waals surface area (Å²) < 4.78 is 2.68. The van der Waals surface area contributed by atoms with Crippen molar-refractivity contribution in [3.63, 3.8) is 0 Å². The molecule has 2 heterocycles. The molecule has 0 amide bonds. The van der Waals surface area contributed by atoms with E-state index in [-0.39, 0.29) is 11.3 Å². The topological polar surface area (TPSA) is 38.7 Å². The van der Waals surface area contributed by atoms with Gasteiger partial charge in [-0.25, -0.2) is 15.0 Å². The van der Waals surface area contributed by atoms with Gasteiger partial charge in [-0.3, -0.25) is 0 Å². The summed E-state index contributed by atoms with van der Waals surface area (Å²) in [6, 6.07) is 50.1. The van der Waals surface area contributed by atoms with E-state index in [1.165, 1.54) is 53.6 Å². The maximum atomic E-state index is 5.18. The van der Waals surface area contributed by atoms with E-state index in [0.717, 1.165) is 16.7 Å². The molecule has 3 aliphatic carbocycles. The van der Waals surface area contributed by atoms with Crippen molar-refractivity contribution in [3.05, 3.63) is 192 Å². The molecule has 3 nitrogen and oxygen atoms in total. The van der Waals surface area contributed by atoms with Crippen molar-refractivity contribution in [3.8, 4) is 45.3 Å². The quantitative estimate of drug-likeness (QED) is 0.185. The third-order valence-electron chi connectivity index (χ3n) is 11.8. The van der Waals surface area contributed by atoms with Crippen LogP contribution in [0.1, 0.15) is 29.2 Å². The Bertz CT molecular complexity index is 2810. The third-order valence-corrected chi connectivity index (χ3v) is 13.0. The van der Waals surface area contributed by atoms with Gasteiger partial charge in [-0.1, -0.05) is 171 Å². The van der Waals surface area contributed by atoms with Gasteiger partial charge in [-0.15, -0.1) is 11.3 Å². The Morgan fingerprint density at radius 1 is 0.547 bits per heavy atom. The molecule has 0 bridgehead atoms. The van der Waals surface area contributed by atoms with Gasteiger partial charge in [0.05, 0.1) is 5.41 Å². The molecule has 3 unspecified atom stereocenters. The normalized spacial score (nSPS) is 20.7. The van der Waals surface area contributed by atoms with Crippen LogP contribution in [-0.4, -0.2) is 15.0 Å². The lowest BCUT2D eigenvalue weighted by Crippen LogP contribution is -2.47. The standard InChI is InChI=1S/C49H33N3S/c1-48-29-13-12-18-35(48)26-25-31-23-24-34(47-51-45(32-14-4-2-5-15-32)50-46(52-47)33-16-6-3-7-17-33)30-41(31)49(48)39-21-10-8-20-38(39)43-40(49)28-27-37-36-19-9-11-22-42(36)53-44(37)43/h2-30,35H,1H3. The summed E-state index contributed by atoms with van der Waals surface area (Å²) in [6.07, 6.45) is 14.1. The highest BCUT2D eigenvalue weighted by molar-refractivity contribution is 7.26. The third kappa shape index (κ3) is 4.24. The number of nitrogens with zero attached hydrogens (tertiary/aromatic N) is 3. The number of thiophene rings is 1. The van der Waals surface area contributed by atoms with Crippen LogP contribution in [0.3, 0.4) is 0 Å². The second-order valence-electron chi connectivity index (χ2n) is 14.5. The van der Waals surface area contributed by atoms with Gasteiger partial charge in [0, 0.05) is 53.8 Å². The van der Waals surface area contributed by atoms with Crippen LogP contribution in [0.25, 0.3) is 71.5 Å². The Kier molecular flexibility index (Phi) is 6.53. The average Bonchev–Trinajstić information content (AvgIpc) is 3.72. The zero-order valence-electron chi connectivity index (χ0n) is 29.1. The number of hydrogen-bond donors (Lipinski definition) is 0. The van der Waals surface area contributed by atoms with Gasteiger partial charge >= 0.3 is 0 Å². The smallest absolute Gasteiger partial charge is 0.164 e. The van der Waals surface area contributed by atoms with Crippen molar-refractivity contribution in [1.29, 1.82) is 0 Å². The van der Waals surface area contributed by atoms with Gasteiger partial charge in [0.25, 0.3) is 0 Å². The van der Waals surface area contributed by atoms with Gasteiger partial charge in [0.15, 0.2) is 17.5 Å². The number of fused-ring (bicyclic) bond motifs is 13. The van der Waals surface area contributed by atoms with Crippen molar-refractivity contribution in [2.24, 2.45) is 11.3 Å². The Morgan fingerprint density at radius 2 is 1.23 bits per heavy atom. The minimum absolute atomic E-state index is 0.173. The molecule has 4 heteroatoms. The fraction of sp³-hybridized carbons (Fsp3) is 0.0816. The predicted molar refractivity (Wildman–Crippen MR) is 220 cm³/mol. The number of hydrogen-bond acceptors (Lipinski definition) is 4. The summed E-state index contributed by atoms with van der Waals surface area (Å²) in [7, 11) is 0. The molecular formula is C49H33N3S. The zero-order valence-corrected chi connectivity index (χ0v) is 29.9. The summed E-state index contributed by atoms with van der Waals surface area (Å²) in [5.41, 5.74) is 9.93. The zero-order chi connectivity index (χ0) is 35.1. The van der Waals surface area contributed by atoms with E-state index >= 15 is 0 Å². The molecule has 0 aliphatic heterocycles. The molecular weight excluding hydrogens is 663 g/mol. The van der Waals surface area contributed by atoms with Crippen LogP contribution in [0.5, 0.6) is 0 Å². The van der Waals surface area contributed by atoms with Gasteiger partial charge in [-0.05, 0) is 39.9 Å². The van der Waals surface area contributed by atoms with E-state index < -0.39 is 5.41 Å². The van der Waals surface area contributed by atoms with Gasteiger partial charge < -0.3 is 0 Å². The first kappa shape index (κ1) is 30.4. The second kappa shape index (κ2) is 11.4. The number of benzene rings is 6. The Balaban J connectivity index is 1.23. The highest BCUT2D eigenvalue weighted by atomic mass is 32.1. The van der Waals surface area contributed by atoms with Crippen LogP contribution in [0.4, 0.5) is 0 Å². The molecule has 53 heavy (non-hydrogen) atoms. The minimum Gasteiger partial charge on any atom is -0.208 e. The van der Waals surface area contributed by atoms with Gasteiger partial charge in [0.2, 0.25) is 0 Å². The van der Waals surface area contributed by atoms with Gasteiger partial charge in [0.1, 0.15) is 0 Å². The molecule has 11 rings (SSSR count). The SMILES string of the molecule is CC12C=CC=CC1C=Cc1ccc(-c3nc(-c4ccccc4)nc(-c4ccccc4)n3)cc1C21c2ccccc2-c2c1ccc1c2sc2ccccc21. The highest BCUT2D eigenvalue weighted by Crippen LogP contribution is 2.67. The lowest BCUT2D eigenvalue weighted by molar-refractivity contribution is 0.244. The summed E-state index contributed by atoms with van der Waals surface area (Å²) in [6.45, 7) is 2.47. The maximum absolute atomic E-state index is 5.18. The first-order chi connectivity index (χ1) is 26.1. The second-order valence-corrected chi connectivity index (χ2v) is 15.6. The van der Waals surface area contributed by atoms with Crippen LogP contribution in [0, 0.1) is 11.3 Å². The van der Waals surface area contributed by atoms with E-state index in [9.17, 15) is 0 Å². The number of rotatable bonds is 3.